The average Bonchev–Trinajstić information content (AvgIpc) is 2.28. The molecule has 0 aromatic carbocycles. The molecule has 0 atom stereocenters. The molecule has 6 heavy (non-hydrogen) atoms. The second kappa shape index (κ2) is 0.705. The zero-order valence-electron chi connectivity index (χ0n) is 3.54. The molecule has 0 saturated carbocycles. The first-order valence-electron chi connectivity index (χ1n) is 2.07. The molecule has 0 bridgehead atoms. The van der Waals surface area contributed by atoms with Gasteiger partial charge in [-0.15, -0.1) is 0 Å². The zero-order valence-corrected chi connectivity index (χ0v) is 7.52. The molecule has 0 nitrogen and oxygen atoms in total. The summed E-state index contributed by atoms with van der Waals surface area (Å²) in [6, 6.07) is 0. The van der Waals surface area contributed by atoms with E-state index in [0.29, 0.717) is 0 Å². The van der Waals surface area contributed by atoms with Crippen molar-refractivity contribution in [1.82, 2.24) is 0 Å². The first kappa shape index (κ1) is 4.05. The Morgan fingerprint density at radius 3 is 1.33 bits per heavy atom. The summed E-state index contributed by atoms with van der Waals surface area (Å²) >= 11 is 2.61. The molecule has 2 saturated heterocycles. The van der Waals surface area contributed by atoms with Gasteiger partial charge in [-0.2, -0.15) is 0 Å². The predicted molar refractivity (Wildman–Crippen MR) is 28.2 cm³/mol. The summed E-state index contributed by atoms with van der Waals surface area (Å²) in [7, 11) is 0. The van der Waals surface area contributed by atoms with E-state index in [2.05, 4.69) is 13.5 Å². The molecule has 0 unspecified atom stereocenters. The number of hydrogen-bond acceptors (Lipinski definition) is 0. The summed E-state index contributed by atoms with van der Waals surface area (Å²) in [5.74, 6) is 0. The van der Waals surface area contributed by atoms with Crippen molar-refractivity contribution in [3.8, 4) is 0 Å². The molecule has 0 aromatic rings. The van der Waals surface area contributed by atoms with E-state index in [9.17, 15) is 0 Å². The van der Waals surface area contributed by atoms with Gasteiger partial charge in [-0.05, 0) is 0 Å². The number of hydrogen-bond donors (Lipinski definition) is 0. The fourth-order valence-electron chi connectivity index (χ4n) is 0.532. The molecule has 2 rings (SSSR count). The van der Waals surface area contributed by atoms with Gasteiger partial charge in [-0.1, -0.05) is 0 Å². The molecule has 2 heterocycles. The second-order valence-electron chi connectivity index (χ2n) is 2.02. The maximum atomic E-state index is 3.89. The topological polar surface area (TPSA) is 0 Å². The van der Waals surface area contributed by atoms with Crippen molar-refractivity contribution >= 4 is 13.5 Å². The van der Waals surface area contributed by atoms with Crippen molar-refractivity contribution in [2.75, 3.05) is 0 Å². The van der Waals surface area contributed by atoms with Gasteiger partial charge in [-0.3, -0.25) is 0 Å². The maximum absolute atomic E-state index is 3.89. The van der Waals surface area contributed by atoms with E-state index in [4.69, 9.17) is 0 Å². The third-order valence-electron chi connectivity index (χ3n) is 1.53. The summed E-state index contributed by atoms with van der Waals surface area (Å²) in [5.41, 5.74) is 0. The quantitative estimate of drug-likeness (QED) is 0.641. The molecule has 0 aromatic heterocycles. The Balaban J connectivity index is 2.41. The van der Waals surface area contributed by atoms with Gasteiger partial charge in [0.15, 0.2) is 0 Å². The van der Waals surface area contributed by atoms with E-state index in [1.807, 2.05) is 0 Å². The summed E-state index contributed by atoms with van der Waals surface area (Å²) in [6.07, 6.45) is 0. The molecule has 40 valence electrons. The van der Waals surface area contributed by atoms with E-state index in [1.54, 1.807) is 19.7 Å². The van der Waals surface area contributed by atoms with Crippen LogP contribution in [0.1, 0.15) is 0 Å². The van der Waals surface area contributed by atoms with Crippen molar-refractivity contribution < 1.29 is 12.1 Å². The monoisotopic (exact) mass is 328 g/mol. The summed E-state index contributed by atoms with van der Waals surface area (Å²) in [5, 5.41) is 0. The van der Waals surface area contributed by atoms with E-state index < -0.39 is 12.1 Å². The van der Waals surface area contributed by atoms with Gasteiger partial charge in [0, 0.05) is 0 Å². The van der Waals surface area contributed by atoms with E-state index in [-0.39, 0.29) is 0 Å². The molecule has 2 heteroatoms. The van der Waals surface area contributed by atoms with Crippen molar-refractivity contribution in [2.45, 2.75) is 19.7 Å². The first-order valence-corrected chi connectivity index (χ1v) is 14.1. The molecule has 0 radical (unpaired) electrons. The van der Waals surface area contributed by atoms with Crippen molar-refractivity contribution in [1.29, 1.82) is 0 Å². The Morgan fingerprint density at radius 1 is 1.00 bits per heavy atom. The summed E-state index contributed by atoms with van der Waals surface area (Å²) in [4.78, 5) is 6.54. The van der Waals surface area contributed by atoms with Crippen LogP contribution in [0, 0.1) is 0 Å². The van der Waals surface area contributed by atoms with Gasteiger partial charge >= 0.3 is 45.3 Å². The molecule has 2 aliphatic rings. The van der Waals surface area contributed by atoms with E-state index >= 15 is 0 Å². The van der Waals surface area contributed by atoms with Gasteiger partial charge in [0.25, 0.3) is 0 Å². The van der Waals surface area contributed by atoms with Crippen LogP contribution in [-0.4, -0.2) is 0 Å². The Labute approximate surface area is 45.4 Å². The predicted octanol–water partition coefficient (Wildman–Crippen LogP) is 2.69. The third kappa shape index (κ3) is 0.382. The third-order valence-corrected chi connectivity index (χ3v) is 21.2. The van der Waals surface area contributed by atoms with E-state index in [0.717, 1.165) is 0 Å². The molecular formula is C4H8BrIr. The molecule has 0 aliphatic carbocycles. The van der Waals surface area contributed by atoms with Gasteiger partial charge in [0.2, 0.25) is 0 Å². The van der Waals surface area contributed by atoms with Crippen LogP contribution in [0.4, 0.5) is 0 Å². The van der Waals surface area contributed by atoms with Crippen LogP contribution in [0.5, 0.6) is 0 Å². The fourth-order valence-corrected chi connectivity index (χ4v) is 27.9. The van der Waals surface area contributed by atoms with Crippen LogP contribution in [0.2, 0.25) is 19.7 Å². The second-order valence-corrected chi connectivity index (χ2v) is 28.8. The van der Waals surface area contributed by atoms with Gasteiger partial charge < -0.3 is 0 Å². The Morgan fingerprint density at radius 2 is 1.33 bits per heavy atom. The molecule has 2 fully saturated rings. The summed E-state index contributed by atoms with van der Waals surface area (Å²) < 4.78 is 0. The van der Waals surface area contributed by atoms with Crippen molar-refractivity contribution in [2.24, 2.45) is 0 Å². The molecule has 2 aliphatic heterocycles. The Hall–Kier alpha value is 1.13. The minimum absolute atomic E-state index is 1.29. The van der Waals surface area contributed by atoms with Crippen LogP contribution in [0.25, 0.3) is 0 Å². The number of rotatable bonds is 0. The molecule has 1 spiro atoms. The van der Waals surface area contributed by atoms with Crippen LogP contribution in [0.3, 0.4) is 0 Å². The minimum atomic E-state index is -1.29. The van der Waals surface area contributed by atoms with Gasteiger partial charge in [0.05, 0.1) is 0 Å². The Bertz CT molecular complexity index is 82.6. The van der Waals surface area contributed by atoms with Gasteiger partial charge in [0.1, 0.15) is 0 Å². The van der Waals surface area contributed by atoms with E-state index in [1.165, 1.54) is 0 Å². The zero-order chi connectivity index (χ0) is 4.28. The van der Waals surface area contributed by atoms with Crippen molar-refractivity contribution in [3.05, 3.63) is 0 Å². The average molecular weight is 328 g/mol. The normalized spacial score (nSPS) is 49.8. The SMILES string of the molecule is [Br][Ir]12([CH2][CH2]1)[CH2][CH2]2. The summed E-state index contributed by atoms with van der Waals surface area (Å²) in [6.45, 7) is 0. The molecule has 0 N–H and O–H groups in total. The first-order chi connectivity index (χ1) is 2.71. The van der Waals surface area contributed by atoms with Crippen LogP contribution < -0.4 is 0 Å². The standard InChI is InChI=1S/2C2H4.BrH.Ir/c2*1-2;;/h2*1-2H2;1H;/q;;;+1/p-1. The Kier molecular flexibility index (Phi) is 0.476. The molecular weight excluding hydrogens is 320 g/mol. The fraction of sp³-hybridized carbons (Fsp3) is 1.00. The van der Waals surface area contributed by atoms with Crippen LogP contribution >= 0.6 is 13.5 Å². The van der Waals surface area contributed by atoms with Gasteiger partial charge in [-0.25, -0.2) is 0 Å². The van der Waals surface area contributed by atoms with Crippen molar-refractivity contribution in [3.63, 3.8) is 0 Å². The molecule has 0 amide bonds. The van der Waals surface area contributed by atoms with Crippen LogP contribution in [0.15, 0.2) is 0 Å². The van der Waals surface area contributed by atoms with Crippen LogP contribution in [-0.2, 0) is 12.1 Å². The number of halogens is 1.